The van der Waals surface area contributed by atoms with E-state index in [4.69, 9.17) is 9.47 Å². The molecule has 4 fully saturated rings. The monoisotopic (exact) mass is 886 g/mol. The highest BCUT2D eigenvalue weighted by molar-refractivity contribution is 5.91. The van der Waals surface area contributed by atoms with Crippen molar-refractivity contribution >= 4 is 35.8 Å². The average Bonchev–Trinajstić information content (AvgIpc) is 4.06. The van der Waals surface area contributed by atoms with Gasteiger partial charge in [0.15, 0.2) is 0 Å². The summed E-state index contributed by atoms with van der Waals surface area (Å²) < 4.78 is 14.3. The average molecular weight is 887 g/mol. The smallest absolute Gasteiger partial charge is 0.258 e. The lowest BCUT2D eigenvalue weighted by molar-refractivity contribution is -0.147. The van der Waals surface area contributed by atoms with Crippen molar-refractivity contribution in [2.24, 2.45) is 35.5 Å². The number of aliphatic hydroxyl groups excluding tert-OH is 2. The van der Waals surface area contributed by atoms with E-state index >= 15 is 0 Å². The number of fused-ring (bicyclic) bond motifs is 6. The SMILES string of the molecule is C/C=C/c1ccc2n(c1=O)C[C@@H]1[C@@H](CO)[C@H](C(=O)NCCC)N(C(=O)C3CCOCC3)[C@H]21.C/C=C\c1ccc2n(c1=O)C[C@@H]1[C@@H](CO)[C@H](C(=O)NCCC)N(C(=O)C3CCOCC3)[C@H]21. The lowest BCUT2D eigenvalue weighted by Crippen LogP contribution is -2.52. The molecule has 0 saturated carbocycles. The number of ether oxygens (including phenoxy) is 2. The molecule has 4 saturated heterocycles. The minimum absolute atomic E-state index is 0.0747. The Hall–Kier alpha value is -4.90. The van der Waals surface area contributed by atoms with Crippen LogP contribution >= 0.6 is 0 Å². The molecule has 6 aliphatic rings. The zero-order chi connectivity index (χ0) is 45.7. The van der Waals surface area contributed by atoms with E-state index in [1.54, 1.807) is 43.2 Å². The summed E-state index contributed by atoms with van der Waals surface area (Å²) in [6, 6.07) is 5.09. The fourth-order valence-corrected chi connectivity index (χ4v) is 11.1. The Morgan fingerprint density at radius 2 is 1.02 bits per heavy atom. The molecule has 8 atom stereocenters. The lowest BCUT2D eigenvalue weighted by Gasteiger charge is -2.34. The fraction of sp³-hybridized carbons (Fsp3) is 0.625. The summed E-state index contributed by atoms with van der Waals surface area (Å²) in [7, 11) is 0. The van der Waals surface area contributed by atoms with E-state index in [0.29, 0.717) is 89.4 Å². The molecule has 4 amide bonds. The van der Waals surface area contributed by atoms with Crippen molar-refractivity contribution < 1.29 is 38.9 Å². The number of allylic oxidation sites excluding steroid dienone is 2. The van der Waals surface area contributed by atoms with Crippen molar-refractivity contribution in [1.82, 2.24) is 29.6 Å². The first-order valence-electron chi connectivity index (χ1n) is 23.4. The molecule has 4 N–H and O–H groups in total. The van der Waals surface area contributed by atoms with Gasteiger partial charge in [-0.25, -0.2) is 0 Å². The fourth-order valence-electron chi connectivity index (χ4n) is 11.1. The van der Waals surface area contributed by atoms with Crippen molar-refractivity contribution in [2.75, 3.05) is 52.7 Å². The number of aliphatic hydroxyl groups is 2. The van der Waals surface area contributed by atoms with E-state index in [1.165, 1.54) is 0 Å². The van der Waals surface area contributed by atoms with Crippen LogP contribution in [0.1, 0.15) is 101 Å². The lowest BCUT2D eigenvalue weighted by atomic mass is 9.88. The summed E-state index contributed by atoms with van der Waals surface area (Å²) in [4.78, 5) is 83.5. The van der Waals surface area contributed by atoms with Gasteiger partial charge in [0.25, 0.3) is 11.1 Å². The molecule has 0 aromatic carbocycles. The van der Waals surface area contributed by atoms with E-state index in [9.17, 15) is 39.0 Å². The van der Waals surface area contributed by atoms with E-state index in [1.807, 2.05) is 52.0 Å². The first-order chi connectivity index (χ1) is 31.1. The van der Waals surface area contributed by atoms with Crippen LogP contribution in [-0.2, 0) is 41.7 Å². The molecule has 8 heterocycles. The topological polar surface area (TPSA) is 202 Å². The minimum Gasteiger partial charge on any atom is -0.396 e. The molecule has 2 aromatic rings. The minimum atomic E-state index is -0.740. The number of likely N-dealkylation sites (tertiary alicyclic amines) is 2. The van der Waals surface area contributed by atoms with Crippen molar-refractivity contribution in [3.05, 3.63) is 79.6 Å². The molecule has 0 radical (unpaired) electrons. The second-order valence-electron chi connectivity index (χ2n) is 17.9. The Balaban J connectivity index is 0.000000191. The van der Waals surface area contributed by atoms with Crippen molar-refractivity contribution in [2.45, 2.75) is 103 Å². The number of carbonyl (C=O) groups is 4. The third-order valence-corrected chi connectivity index (χ3v) is 14.2. The van der Waals surface area contributed by atoms with Crippen molar-refractivity contribution in [3.8, 4) is 0 Å². The van der Waals surface area contributed by atoms with Gasteiger partial charge in [0, 0.05) is 124 Å². The van der Waals surface area contributed by atoms with Gasteiger partial charge >= 0.3 is 0 Å². The summed E-state index contributed by atoms with van der Waals surface area (Å²) in [6.07, 6.45) is 11.2. The predicted molar refractivity (Wildman–Crippen MR) is 239 cm³/mol. The normalized spacial score (nSPS) is 27.5. The van der Waals surface area contributed by atoms with Gasteiger partial charge in [-0.05, 0) is 76.6 Å². The summed E-state index contributed by atoms with van der Waals surface area (Å²) >= 11 is 0. The van der Waals surface area contributed by atoms with Crippen LogP contribution in [0.15, 0.2) is 46.0 Å². The Morgan fingerprint density at radius 1 is 0.641 bits per heavy atom. The maximum Gasteiger partial charge on any atom is 0.258 e. The first kappa shape index (κ1) is 47.1. The highest BCUT2D eigenvalue weighted by atomic mass is 16.5. The standard InChI is InChI=1S/2C24H33N3O5/c2*1-3-5-15-6-7-19-20-17(13-26(19)23(15)30)18(14-28)21(22(29)25-10-4-2)27(20)24(31)16-8-11-32-12-9-16/h2*3,5-7,16-18,20-21,28H,4,8-14H2,1-2H3,(H,25,29)/b5-3+;5-3-/t2*17-,18-,20+,21-/m11/s1. The van der Waals surface area contributed by atoms with Crippen LogP contribution in [0.4, 0.5) is 0 Å². The van der Waals surface area contributed by atoms with Gasteiger partial charge < -0.3 is 49.3 Å². The predicted octanol–water partition coefficient (Wildman–Crippen LogP) is 2.65. The molecule has 6 aliphatic heterocycles. The van der Waals surface area contributed by atoms with Crippen LogP contribution < -0.4 is 21.8 Å². The summed E-state index contributed by atoms with van der Waals surface area (Å²) in [5, 5.41) is 26.5. The highest BCUT2D eigenvalue weighted by Crippen LogP contribution is 2.51. The summed E-state index contributed by atoms with van der Waals surface area (Å²) in [6.45, 7) is 11.2. The maximum absolute atomic E-state index is 13.8. The number of hydrogen-bond acceptors (Lipinski definition) is 10. The largest absolute Gasteiger partial charge is 0.396 e. The van der Waals surface area contributed by atoms with Crippen LogP contribution in [0, 0.1) is 35.5 Å². The van der Waals surface area contributed by atoms with Gasteiger partial charge in [-0.2, -0.15) is 0 Å². The number of rotatable bonds is 12. The van der Waals surface area contributed by atoms with E-state index in [2.05, 4.69) is 10.6 Å². The molecule has 0 spiro atoms. The Bertz CT molecular complexity index is 2050. The Labute approximate surface area is 374 Å². The van der Waals surface area contributed by atoms with Crippen LogP contribution in [0.2, 0.25) is 0 Å². The summed E-state index contributed by atoms with van der Waals surface area (Å²) in [5.41, 5.74) is 2.48. The zero-order valence-corrected chi connectivity index (χ0v) is 37.7. The van der Waals surface area contributed by atoms with Gasteiger partial charge in [-0.15, -0.1) is 0 Å². The Kier molecular flexibility index (Phi) is 15.4. The van der Waals surface area contributed by atoms with Gasteiger partial charge in [-0.3, -0.25) is 28.8 Å². The number of carbonyl (C=O) groups excluding carboxylic acids is 4. The maximum atomic E-state index is 13.8. The number of aromatic nitrogens is 2. The number of hydrogen-bond donors (Lipinski definition) is 4. The van der Waals surface area contributed by atoms with Crippen molar-refractivity contribution in [1.29, 1.82) is 0 Å². The molecule has 0 unspecified atom stereocenters. The van der Waals surface area contributed by atoms with Crippen molar-refractivity contribution in [3.63, 3.8) is 0 Å². The molecule has 348 valence electrons. The number of amides is 4. The second kappa shape index (κ2) is 20.9. The molecule has 0 bridgehead atoms. The molecular formula is C48H66N6O10. The third kappa shape index (κ3) is 8.78. The molecule has 16 nitrogen and oxygen atoms in total. The van der Waals surface area contributed by atoms with Crippen LogP contribution in [-0.4, -0.2) is 118 Å². The molecule has 16 heteroatoms. The molecule has 0 aliphatic carbocycles. The number of pyridine rings is 2. The number of nitrogens with zero attached hydrogens (tertiary/aromatic N) is 4. The van der Waals surface area contributed by atoms with Crippen LogP contribution in [0.25, 0.3) is 12.2 Å². The zero-order valence-electron chi connectivity index (χ0n) is 37.7. The highest BCUT2D eigenvalue weighted by Gasteiger charge is 2.59. The van der Waals surface area contributed by atoms with Gasteiger partial charge in [0.05, 0.1) is 12.1 Å². The van der Waals surface area contributed by atoms with Gasteiger partial charge in [0.1, 0.15) is 12.1 Å². The number of nitrogens with one attached hydrogen (secondary N) is 2. The summed E-state index contributed by atoms with van der Waals surface area (Å²) in [5.74, 6) is -2.25. The van der Waals surface area contributed by atoms with Crippen LogP contribution in [0.5, 0.6) is 0 Å². The van der Waals surface area contributed by atoms with E-state index < -0.39 is 36.0 Å². The first-order valence-corrected chi connectivity index (χ1v) is 23.4. The van der Waals surface area contributed by atoms with E-state index in [-0.39, 0.29) is 71.6 Å². The third-order valence-electron chi connectivity index (χ3n) is 14.2. The van der Waals surface area contributed by atoms with E-state index in [0.717, 1.165) is 24.2 Å². The van der Waals surface area contributed by atoms with Gasteiger partial charge in [-0.1, -0.05) is 38.2 Å². The molecule has 64 heavy (non-hydrogen) atoms. The van der Waals surface area contributed by atoms with Gasteiger partial charge in [0.2, 0.25) is 23.6 Å². The molecule has 2 aromatic heterocycles. The second-order valence-corrected chi connectivity index (χ2v) is 17.9. The Morgan fingerprint density at radius 3 is 1.34 bits per heavy atom. The molecular weight excluding hydrogens is 821 g/mol. The molecule has 8 rings (SSSR count). The quantitative estimate of drug-likeness (QED) is 0.246. The van der Waals surface area contributed by atoms with Crippen LogP contribution in [0.3, 0.4) is 0 Å².